The van der Waals surface area contributed by atoms with Crippen LogP contribution in [0.2, 0.25) is 0 Å². The van der Waals surface area contributed by atoms with Gasteiger partial charge in [-0.1, -0.05) is 35.9 Å². The van der Waals surface area contributed by atoms with Gasteiger partial charge in [0.1, 0.15) is 11.5 Å². The zero-order chi connectivity index (χ0) is 21.5. The quantitative estimate of drug-likeness (QED) is 0.651. The van der Waals surface area contributed by atoms with Crippen molar-refractivity contribution in [1.29, 1.82) is 0 Å². The summed E-state index contributed by atoms with van der Waals surface area (Å²) in [5.41, 5.74) is 4.61. The average molecular weight is 416 g/mol. The molecule has 158 valence electrons. The molecular weight excluding hydrogens is 392 g/mol. The third-order valence-electron chi connectivity index (χ3n) is 5.84. The van der Waals surface area contributed by atoms with Crippen molar-refractivity contribution in [2.45, 2.75) is 25.6 Å². The van der Waals surface area contributed by atoms with E-state index in [0.29, 0.717) is 12.2 Å². The van der Waals surface area contributed by atoms with Gasteiger partial charge in [-0.05, 0) is 37.3 Å². The molecule has 0 saturated carbocycles. The van der Waals surface area contributed by atoms with Crippen LogP contribution in [0.4, 0.5) is 0 Å². The number of phenolic OH excluding ortho intramolecular Hbond substituents is 1. The molecule has 0 fully saturated rings. The van der Waals surface area contributed by atoms with Crippen LogP contribution in [-0.4, -0.2) is 30.0 Å². The Kier molecular flexibility index (Phi) is 4.70. The van der Waals surface area contributed by atoms with Gasteiger partial charge in [0, 0.05) is 23.1 Å². The topological polar surface area (TPSA) is 63.5 Å². The minimum Gasteiger partial charge on any atom is -0.507 e. The van der Waals surface area contributed by atoms with Gasteiger partial charge in [-0.2, -0.15) is 5.10 Å². The molecule has 6 nitrogen and oxygen atoms in total. The lowest BCUT2D eigenvalue weighted by molar-refractivity contribution is -0.0210. The van der Waals surface area contributed by atoms with Crippen molar-refractivity contribution in [3.8, 4) is 23.0 Å². The molecule has 5 rings (SSSR count). The Balaban J connectivity index is 1.64. The van der Waals surface area contributed by atoms with E-state index < -0.39 is 6.23 Å². The number of benzene rings is 3. The standard InChI is InChI=1S/C25H24N2O4/c1-15-10-11-22(28)19(12-15)20-14-21-18-8-5-9-23(30-3)24(18)31-25(27(21)26-20)16-6-4-7-17(13-16)29-2/h4-13,21,25,28H,14H2,1-3H3/t21-,25+/m1/s1. The third kappa shape index (κ3) is 3.24. The molecule has 0 unspecified atom stereocenters. The number of nitrogens with zero attached hydrogens (tertiary/aromatic N) is 2. The van der Waals surface area contributed by atoms with Crippen molar-refractivity contribution in [2.24, 2.45) is 5.10 Å². The minimum atomic E-state index is -0.451. The average Bonchev–Trinajstić information content (AvgIpc) is 3.25. The molecule has 2 aliphatic rings. The van der Waals surface area contributed by atoms with Crippen LogP contribution in [0.3, 0.4) is 0 Å². The van der Waals surface area contributed by atoms with Gasteiger partial charge in [0.15, 0.2) is 11.5 Å². The van der Waals surface area contributed by atoms with Crippen molar-refractivity contribution >= 4 is 5.71 Å². The molecule has 31 heavy (non-hydrogen) atoms. The van der Waals surface area contributed by atoms with Crippen molar-refractivity contribution in [1.82, 2.24) is 5.01 Å². The van der Waals surface area contributed by atoms with E-state index in [4.69, 9.17) is 19.3 Å². The second kappa shape index (κ2) is 7.54. The fourth-order valence-electron chi connectivity index (χ4n) is 4.30. The largest absolute Gasteiger partial charge is 0.507 e. The molecule has 1 N–H and O–H groups in total. The van der Waals surface area contributed by atoms with E-state index in [1.54, 1.807) is 20.3 Å². The number of para-hydroxylation sites is 1. The highest BCUT2D eigenvalue weighted by Crippen LogP contribution is 2.51. The van der Waals surface area contributed by atoms with E-state index in [9.17, 15) is 5.11 Å². The molecular formula is C25H24N2O4. The Labute approximate surface area is 181 Å². The van der Waals surface area contributed by atoms with E-state index in [-0.39, 0.29) is 11.8 Å². The minimum absolute atomic E-state index is 0.0371. The highest BCUT2D eigenvalue weighted by molar-refractivity contribution is 6.04. The van der Waals surface area contributed by atoms with Crippen LogP contribution >= 0.6 is 0 Å². The molecule has 0 aromatic heterocycles. The van der Waals surface area contributed by atoms with Gasteiger partial charge in [-0.25, -0.2) is 5.01 Å². The van der Waals surface area contributed by atoms with Gasteiger partial charge in [0.05, 0.1) is 26.0 Å². The summed E-state index contributed by atoms with van der Waals surface area (Å²) in [7, 11) is 3.29. The second-order valence-corrected chi connectivity index (χ2v) is 7.79. The first kappa shape index (κ1) is 19.3. The number of phenols is 1. The Bertz CT molecular complexity index is 1170. The Morgan fingerprint density at radius 1 is 1.03 bits per heavy atom. The van der Waals surface area contributed by atoms with Gasteiger partial charge in [-0.15, -0.1) is 0 Å². The summed E-state index contributed by atoms with van der Waals surface area (Å²) in [4.78, 5) is 0. The zero-order valence-corrected chi connectivity index (χ0v) is 17.7. The monoisotopic (exact) mass is 416 g/mol. The van der Waals surface area contributed by atoms with Crippen molar-refractivity contribution in [2.75, 3.05) is 14.2 Å². The van der Waals surface area contributed by atoms with E-state index in [2.05, 4.69) is 0 Å². The number of hydrogen-bond donors (Lipinski definition) is 1. The Hall–Kier alpha value is -3.67. The van der Waals surface area contributed by atoms with E-state index >= 15 is 0 Å². The summed E-state index contributed by atoms with van der Waals surface area (Å²) < 4.78 is 17.5. The Morgan fingerprint density at radius 3 is 2.68 bits per heavy atom. The van der Waals surface area contributed by atoms with Gasteiger partial charge >= 0.3 is 0 Å². The van der Waals surface area contributed by atoms with Gasteiger partial charge in [-0.3, -0.25) is 0 Å². The molecule has 0 spiro atoms. The van der Waals surface area contributed by atoms with Gasteiger partial charge < -0.3 is 19.3 Å². The highest BCUT2D eigenvalue weighted by Gasteiger charge is 2.42. The van der Waals surface area contributed by atoms with Crippen molar-refractivity contribution in [3.05, 3.63) is 82.9 Å². The first-order valence-corrected chi connectivity index (χ1v) is 10.2. The SMILES string of the molecule is COc1cccc([C@@H]2Oc3c(OC)cccc3[C@H]3CC(c4cc(C)ccc4O)=NN32)c1. The maximum Gasteiger partial charge on any atom is 0.214 e. The van der Waals surface area contributed by atoms with Crippen LogP contribution in [0.15, 0.2) is 65.8 Å². The van der Waals surface area contributed by atoms with Crippen LogP contribution in [0.1, 0.15) is 40.9 Å². The van der Waals surface area contributed by atoms with Crippen LogP contribution in [-0.2, 0) is 0 Å². The zero-order valence-electron chi connectivity index (χ0n) is 17.7. The van der Waals surface area contributed by atoms with E-state index in [0.717, 1.165) is 39.5 Å². The first-order chi connectivity index (χ1) is 15.1. The number of fused-ring (bicyclic) bond motifs is 3. The number of hydrogen-bond acceptors (Lipinski definition) is 6. The molecule has 6 heteroatoms. The molecule has 2 aliphatic heterocycles. The van der Waals surface area contributed by atoms with Gasteiger partial charge in [0.25, 0.3) is 0 Å². The summed E-state index contributed by atoms with van der Waals surface area (Å²) in [6.07, 6.45) is 0.203. The summed E-state index contributed by atoms with van der Waals surface area (Å²) >= 11 is 0. The molecule has 0 radical (unpaired) electrons. The normalized spacial score (nSPS) is 19.2. The molecule has 0 amide bonds. The number of aromatic hydroxyl groups is 1. The number of methoxy groups -OCH3 is 2. The van der Waals surface area contributed by atoms with Crippen LogP contribution in [0.5, 0.6) is 23.0 Å². The fourth-order valence-corrected chi connectivity index (χ4v) is 4.30. The number of aryl methyl sites for hydroxylation is 1. The van der Waals surface area contributed by atoms with Crippen molar-refractivity contribution < 1.29 is 19.3 Å². The highest BCUT2D eigenvalue weighted by atomic mass is 16.5. The molecule has 3 aromatic carbocycles. The summed E-state index contributed by atoms with van der Waals surface area (Å²) in [6.45, 7) is 2.01. The summed E-state index contributed by atoms with van der Waals surface area (Å²) in [6, 6.07) is 19.3. The Morgan fingerprint density at radius 2 is 1.87 bits per heavy atom. The summed E-state index contributed by atoms with van der Waals surface area (Å²) in [5.74, 6) is 2.40. The van der Waals surface area contributed by atoms with Crippen molar-refractivity contribution in [3.63, 3.8) is 0 Å². The lowest BCUT2D eigenvalue weighted by atomic mass is 9.94. The molecule has 2 atom stereocenters. The summed E-state index contributed by atoms with van der Waals surface area (Å²) in [5, 5.41) is 17.4. The van der Waals surface area contributed by atoms with E-state index in [1.807, 2.05) is 66.5 Å². The predicted octanol–water partition coefficient (Wildman–Crippen LogP) is 4.96. The second-order valence-electron chi connectivity index (χ2n) is 7.79. The van der Waals surface area contributed by atoms with E-state index in [1.165, 1.54) is 0 Å². The molecule has 3 aromatic rings. The first-order valence-electron chi connectivity index (χ1n) is 10.2. The molecule has 0 saturated heterocycles. The maximum absolute atomic E-state index is 10.5. The fraction of sp³-hybridized carbons (Fsp3) is 0.240. The number of ether oxygens (including phenoxy) is 3. The third-order valence-corrected chi connectivity index (χ3v) is 5.84. The number of hydrazone groups is 1. The van der Waals surface area contributed by atoms with Crippen LogP contribution < -0.4 is 14.2 Å². The predicted molar refractivity (Wildman–Crippen MR) is 118 cm³/mol. The molecule has 0 bridgehead atoms. The van der Waals surface area contributed by atoms with Gasteiger partial charge in [0.2, 0.25) is 6.23 Å². The van der Waals surface area contributed by atoms with Crippen LogP contribution in [0, 0.1) is 6.92 Å². The van der Waals surface area contributed by atoms with Crippen LogP contribution in [0.25, 0.3) is 0 Å². The lowest BCUT2D eigenvalue weighted by Crippen LogP contribution is -2.33. The molecule has 2 heterocycles. The smallest absolute Gasteiger partial charge is 0.214 e. The lowest BCUT2D eigenvalue weighted by Gasteiger charge is -2.38. The number of rotatable bonds is 4. The molecule has 0 aliphatic carbocycles. The maximum atomic E-state index is 10.5.